The number of esters is 1. The molecule has 24 heavy (non-hydrogen) atoms. The minimum absolute atomic E-state index is 0.170. The predicted molar refractivity (Wildman–Crippen MR) is 90.1 cm³/mol. The van der Waals surface area contributed by atoms with Gasteiger partial charge in [0.15, 0.2) is 0 Å². The molecule has 2 N–H and O–H groups in total. The fourth-order valence-corrected chi connectivity index (χ4v) is 5.65. The van der Waals surface area contributed by atoms with E-state index in [-0.39, 0.29) is 30.4 Å². The van der Waals surface area contributed by atoms with Crippen molar-refractivity contribution in [2.24, 2.45) is 0 Å². The third kappa shape index (κ3) is 2.19. The van der Waals surface area contributed by atoms with Gasteiger partial charge in [-0.25, -0.2) is 4.79 Å². The van der Waals surface area contributed by atoms with E-state index in [9.17, 15) is 9.90 Å². The molecule has 0 aromatic carbocycles. The molecule has 3 saturated heterocycles. The van der Waals surface area contributed by atoms with Gasteiger partial charge in [0.05, 0.1) is 9.75 Å². The van der Waals surface area contributed by atoms with Crippen LogP contribution in [-0.2, 0) is 19.9 Å². The van der Waals surface area contributed by atoms with Crippen molar-refractivity contribution in [1.29, 1.82) is 0 Å². The van der Waals surface area contributed by atoms with Crippen LogP contribution in [-0.4, -0.2) is 41.5 Å². The van der Waals surface area contributed by atoms with Crippen molar-refractivity contribution < 1.29 is 19.4 Å². The number of carbonyl (C=O) groups excluding carboxylic acids is 1. The Hall–Kier alpha value is -1.25. The van der Waals surface area contributed by atoms with Gasteiger partial charge in [-0.1, -0.05) is 12.1 Å². The molecule has 3 aliphatic rings. The molecule has 0 radical (unpaired) electrons. The summed E-state index contributed by atoms with van der Waals surface area (Å²) in [7, 11) is 0. The van der Waals surface area contributed by atoms with Gasteiger partial charge in [-0.3, -0.25) is 0 Å². The van der Waals surface area contributed by atoms with Gasteiger partial charge in [-0.15, -0.1) is 22.7 Å². The Balaban J connectivity index is 1.39. The Bertz CT molecular complexity index is 694. The second-order valence-electron chi connectivity index (χ2n) is 6.61. The molecule has 2 aromatic heterocycles. The molecule has 0 spiro atoms. The zero-order chi connectivity index (χ0) is 16.3. The van der Waals surface area contributed by atoms with Crippen LogP contribution in [0, 0.1) is 0 Å². The highest BCUT2D eigenvalue weighted by atomic mass is 32.1. The molecule has 0 aliphatic carbocycles. The molecule has 3 aliphatic heterocycles. The standard InChI is InChI=1S/C17H17NO4S2/c19-16(21-9-7-10-14-15(22-14)11(8-9)18-10)17(20,12-3-1-5-23-12)13-4-2-6-24-13/h1-6,9-11,14-15,18,20H,7-8H2. The number of thiophene rings is 2. The summed E-state index contributed by atoms with van der Waals surface area (Å²) in [5.74, 6) is -0.576. The van der Waals surface area contributed by atoms with Crippen LogP contribution in [0.4, 0.5) is 0 Å². The minimum Gasteiger partial charge on any atom is -0.460 e. The summed E-state index contributed by atoms with van der Waals surface area (Å²) >= 11 is 2.73. The van der Waals surface area contributed by atoms with Crippen molar-refractivity contribution in [3.05, 3.63) is 44.8 Å². The van der Waals surface area contributed by atoms with Crippen LogP contribution in [0.1, 0.15) is 22.6 Å². The monoisotopic (exact) mass is 363 g/mol. The molecular weight excluding hydrogens is 346 g/mol. The molecule has 0 amide bonds. The zero-order valence-corrected chi connectivity index (χ0v) is 14.4. The first-order valence-electron chi connectivity index (χ1n) is 8.09. The summed E-state index contributed by atoms with van der Waals surface area (Å²) in [6, 6.07) is 7.76. The molecule has 2 aromatic rings. The maximum atomic E-state index is 12.9. The van der Waals surface area contributed by atoms with E-state index >= 15 is 0 Å². The van der Waals surface area contributed by atoms with Crippen LogP contribution in [0.25, 0.3) is 0 Å². The minimum atomic E-state index is -1.72. The van der Waals surface area contributed by atoms with Crippen LogP contribution in [0.5, 0.6) is 0 Å². The normalized spacial score (nSPS) is 34.0. The second kappa shape index (κ2) is 5.37. The lowest BCUT2D eigenvalue weighted by atomic mass is 9.98. The fraction of sp³-hybridized carbons (Fsp3) is 0.471. The van der Waals surface area contributed by atoms with Crippen LogP contribution >= 0.6 is 22.7 Å². The lowest BCUT2D eigenvalue weighted by Crippen LogP contribution is -2.48. The second-order valence-corrected chi connectivity index (χ2v) is 8.50. The van der Waals surface area contributed by atoms with Gasteiger partial charge in [0.2, 0.25) is 5.60 Å². The van der Waals surface area contributed by atoms with Crippen molar-refractivity contribution in [3.8, 4) is 0 Å². The molecule has 7 heteroatoms. The zero-order valence-electron chi connectivity index (χ0n) is 12.8. The van der Waals surface area contributed by atoms with Crippen LogP contribution in [0.3, 0.4) is 0 Å². The predicted octanol–water partition coefficient (Wildman–Crippen LogP) is 1.86. The Kier molecular flexibility index (Phi) is 3.37. The number of ether oxygens (including phenoxy) is 2. The lowest BCUT2D eigenvalue weighted by Gasteiger charge is -2.33. The van der Waals surface area contributed by atoms with Crippen LogP contribution in [0.15, 0.2) is 35.0 Å². The molecule has 0 saturated carbocycles. The Labute approximate surface area is 147 Å². The van der Waals surface area contributed by atoms with Crippen molar-refractivity contribution in [2.75, 3.05) is 0 Å². The number of morpholine rings is 1. The van der Waals surface area contributed by atoms with E-state index in [1.807, 2.05) is 22.9 Å². The number of aliphatic hydroxyl groups is 1. The third-order valence-corrected chi connectivity index (χ3v) is 7.10. The number of epoxide rings is 1. The molecular formula is C17H17NO4S2. The van der Waals surface area contributed by atoms with Crippen LogP contribution < -0.4 is 5.32 Å². The SMILES string of the molecule is O=C(OC1CC2NC(C1)C1OC21)C(O)(c1cccs1)c1cccs1. The molecule has 5 heterocycles. The third-order valence-electron chi connectivity index (χ3n) is 5.14. The average molecular weight is 363 g/mol. The summed E-state index contributed by atoms with van der Waals surface area (Å²) in [5.41, 5.74) is -1.72. The highest BCUT2D eigenvalue weighted by Gasteiger charge is 2.60. The molecule has 3 fully saturated rings. The average Bonchev–Trinajstić information content (AvgIpc) is 2.99. The van der Waals surface area contributed by atoms with E-state index in [0.717, 1.165) is 12.8 Å². The fourth-order valence-electron chi connectivity index (χ4n) is 3.94. The highest BCUT2D eigenvalue weighted by molar-refractivity contribution is 7.12. The number of fused-ring (bicyclic) bond motifs is 5. The van der Waals surface area contributed by atoms with E-state index in [0.29, 0.717) is 9.75 Å². The first-order valence-corrected chi connectivity index (χ1v) is 9.85. The van der Waals surface area contributed by atoms with Gasteiger partial charge in [0, 0.05) is 24.9 Å². The maximum absolute atomic E-state index is 12.9. The van der Waals surface area contributed by atoms with E-state index < -0.39 is 11.6 Å². The Morgan fingerprint density at radius 1 is 1.17 bits per heavy atom. The number of piperidine rings is 1. The molecule has 4 atom stereocenters. The first-order chi connectivity index (χ1) is 11.7. The summed E-state index contributed by atoms with van der Waals surface area (Å²) in [4.78, 5) is 14.1. The Morgan fingerprint density at radius 3 is 2.25 bits per heavy atom. The summed E-state index contributed by atoms with van der Waals surface area (Å²) in [6.45, 7) is 0. The number of nitrogens with one attached hydrogen (secondary N) is 1. The smallest absolute Gasteiger partial charge is 0.349 e. The Morgan fingerprint density at radius 2 is 1.75 bits per heavy atom. The number of rotatable bonds is 4. The number of carbonyl (C=O) groups is 1. The number of hydrogen-bond donors (Lipinski definition) is 2. The van der Waals surface area contributed by atoms with Crippen molar-refractivity contribution in [3.63, 3.8) is 0 Å². The van der Waals surface area contributed by atoms with Gasteiger partial charge in [-0.05, 0) is 22.9 Å². The van der Waals surface area contributed by atoms with Gasteiger partial charge >= 0.3 is 5.97 Å². The lowest BCUT2D eigenvalue weighted by molar-refractivity contribution is -0.169. The topological polar surface area (TPSA) is 71.1 Å². The molecule has 126 valence electrons. The van der Waals surface area contributed by atoms with E-state index in [1.54, 1.807) is 12.1 Å². The largest absolute Gasteiger partial charge is 0.460 e. The summed E-state index contributed by atoms with van der Waals surface area (Å²) < 4.78 is 11.4. The molecule has 2 bridgehead atoms. The molecule has 5 nitrogen and oxygen atoms in total. The van der Waals surface area contributed by atoms with Gasteiger partial charge < -0.3 is 19.9 Å². The number of hydrogen-bond acceptors (Lipinski definition) is 7. The van der Waals surface area contributed by atoms with E-state index in [2.05, 4.69) is 5.32 Å². The van der Waals surface area contributed by atoms with Gasteiger partial charge in [-0.2, -0.15) is 0 Å². The van der Waals surface area contributed by atoms with E-state index in [4.69, 9.17) is 9.47 Å². The first kappa shape index (κ1) is 15.0. The van der Waals surface area contributed by atoms with Gasteiger partial charge in [0.25, 0.3) is 0 Å². The molecule has 4 unspecified atom stereocenters. The quantitative estimate of drug-likeness (QED) is 0.641. The van der Waals surface area contributed by atoms with Crippen molar-refractivity contribution in [1.82, 2.24) is 5.32 Å². The van der Waals surface area contributed by atoms with Crippen molar-refractivity contribution in [2.45, 2.75) is 48.8 Å². The summed E-state index contributed by atoms with van der Waals surface area (Å²) in [6.07, 6.45) is 1.89. The van der Waals surface area contributed by atoms with Gasteiger partial charge in [0.1, 0.15) is 18.3 Å². The highest BCUT2D eigenvalue weighted by Crippen LogP contribution is 2.44. The van der Waals surface area contributed by atoms with Crippen LogP contribution in [0.2, 0.25) is 0 Å². The maximum Gasteiger partial charge on any atom is 0.349 e. The van der Waals surface area contributed by atoms with E-state index in [1.165, 1.54) is 22.7 Å². The van der Waals surface area contributed by atoms with Crippen molar-refractivity contribution >= 4 is 28.6 Å². The summed E-state index contributed by atoms with van der Waals surface area (Å²) in [5, 5.41) is 18.5. The molecule has 5 rings (SSSR count).